The molecule has 0 saturated carbocycles. The van der Waals surface area contributed by atoms with E-state index in [0.29, 0.717) is 12.1 Å². The number of hydrogen-bond donors (Lipinski definition) is 2. The van der Waals surface area contributed by atoms with E-state index in [1.165, 1.54) is 11.6 Å². The number of carbonyl (C=O) groups excluding carboxylic acids is 1. The second-order valence-corrected chi connectivity index (χ2v) is 6.09. The molecule has 0 radical (unpaired) electrons. The molecule has 0 spiro atoms. The average molecular weight is 395 g/mol. The lowest BCUT2D eigenvalue weighted by molar-refractivity contribution is 0.0933. The maximum atomic E-state index is 12.1. The van der Waals surface area contributed by atoms with E-state index < -0.39 is 0 Å². The number of rotatable bonds is 3. The largest absolute Gasteiger partial charge is 0.507 e. The number of ether oxygens (including phenoxy) is 1. The fraction of sp³-hybridized carbons (Fsp3) is 0.188. The number of para-hydroxylation sites is 1. The summed E-state index contributed by atoms with van der Waals surface area (Å²) in [5.74, 6) is 0.803. The molecule has 3 rings (SSSR count). The number of nitrogens with one attached hydrogen (secondary N) is 1. The summed E-state index contributed by atoms with van der Waals surface area (Å²) < 4.78 is 6.49. The first-order valence-electron chi connectivity index (χ1n) is 6.65. The van der Waals surface area contributed by atoms with Gasteiger partial charge in [-0.05, 0) is 52.4 Å². The summed E-state index contributed by atoms with van der Waals surface area (Å²) in [6.45, 7) is 0.445. The van der Waals surface area contributed by atoms with Crippen molar-refractivity contribution >= 4 is 28.5 Å². The summed E-state index contributed by atoms with van der Waals surface area (Å²) >= 11 is 2.02. The molecule has 0 bridgehead atoms. The van der Waals surface area contributed by atoms with Crippen LogP contribution >= 0.6 is 22.6 Å². The lowest BCUT2D eigenvalue weighted by Crippen LogP contribution is -2.34. The van der Waals surface area contributed by atoms with Gasteiger partial charge < -0.3 is 15.2 Å². The van der Waals surface area contributed by atoms with Gasteiger partial charge in [-0.15, -0.1) is 0 Å². The SMILES string of the molecule is O=C(NCC1Cc2ccccc2O1)c1ccc(I)c(O)c1. The third-order valence-electron chi connectivity index (χ3n) is 3.41. The zero-order chi connectivity index (χ0) is 14.8. The van der Waals surface area contributed by atoms with Crippen LogP contribution in [0.3, 0.4) is 0 Å². The minimum absolute atomic E-state index is 0.0382. The fourth-order valence-electron chi connectivity index (χ4n) is 2.33. The van der Waals surface area contributed by atoms with Crippen LogP contribution < -0.4 is 10.1 Å². The number of phenols is 1. The van der Waals surface area contributed by atoms with Crippen molar-refractivity contribution < 1.29 is 14.6 Å². The number of hydrogen-bond acceptors (Lipinski definition) is 3. The number of fused-ring (bicyclic) bond motifs is 1. The molecule has 108 valence electrons. The molecule has 1 atom stereocenters. The van der Waals surface area contributed by atoms with Gasteiger partial charge in [0.25, 0.3) is 5.91 Å². The number of halogens is 1. The van der Waals surface area contributed by atoms with Crippen molar-refractivity contribution in [2.45, 2.75) is 12.5 Å². The zero-order valence-corrected chi connectivity index (χ0v) is 13.3. The number of phenolic OH excluding ortho intramolecular Hbond substituents is 1. The lowest BCUT2D eigenvalue weighted by atomic mass is 10.1. The molecule has 0 aliphatic carbocycles. The maximum Gasteiger partial charge on any atom is 0.251 e. The van der Waals surface area contributed by atoms with Gasteiger partial charge in [0.1, 0.15) is 17.6 Å². The second-order valence-electron chi connectivity index (χ2n) is 4.93. The van der Waals surface area contributed by atoms with E-state index in [-0.39, 0.29) is 17.8 Å². The summed E-state index contributed by atoms with van der Waals surface area (Å²) in [7, 11) is 0. The van der Waals surface area contributed by atoms with Crippen LogP contribution in [0.15, 0.2) is 42.5 Å². The van der Waals surface area contributed by atoms with E-state index in [0.717, 1.165) is 15.7 Å². The van der Waals surface area contributed by atoms with Gasteiger partial charge in [-0.2, -0.15) is 0 Å². The first-order valence-corrected chi connectivity index (χ1v) is 7.72. The van der Waals surface area contributed by atoms with Crippen LogP contribution in [0.5, 0.6) is 11.5 Å². The highest BCUT2D eigenvalue weighted by molar-refractivity contribution is 14.1. The minimum Gasteiger partial charge on any atom is -0.507 e. The quantitative estimate of drug-likeness (QED) is 0.786. The molecular formula is C16H14INO3. The fourth-order valence-corrected chi connectivity index (χ4v) is 2.67. The Labute approximate surface area is 136 Å². The van der Waals surface area contributed by atoms with Crippen LogP contribution in [-0.2, 0) is 6.42 Å². The molecule has 4 nitrogen and oxygen atoms in total. The van der Waals surface area contributed by atoms with Gasteiger partial charge in [0.2, 0.25) is 0 Å². The topological polar surface area (TPSA) is 58.6 Å². The lowest BCUT2D eigenvalue weighted by Gasteiger charge is -2.12. The zero-order valence-electron chi connectivity index (χ0n) is 11.2. The Hall–Kier alpha value is -1.76. The van der Waals surface area contributed by atoms with E-state index >= 15 is 0 Å². The molecule has 21 heavy (non-hydrogen) atoms. The summed E-state index contributed by atoms with van der Waals surface area (Å²) in [6.07, 6.45) is 0.762. The third-order valence-corrected chi connectivity index (χ3v) is 4.32. The van der Waals surface area contributed by atoms with Crippen molar-refractivity contribution in [3.05, 3.63) is 57.2 Å². The average Bonchev–Trinajstić information content (AvgIpc) is 2.90. The van der Waals surface area contributed by atoms with Crippen LogP contribution in [0.25, 0.3) is 0 Å². The standard InChI is InChI=1S/C16H14INO3/c17-13-6-5-11(8-14(13)19)16(20)18-9-12-7-10-3-1-2-4-15(10)21-12/h1-6,8,12,19H,7,9H2,(H,18,20). The molecule has 2 aromatic carbocycles. The normalized spacial score (nSPS) is 16.1. The van der Waals surface area contributed by atoms with E-state index in [1.807, 2.05) is 46.9 Å². The third kappa shape index (κ3) is 3.12. The minimum atomic E-state index is -0.207. The van der Waals surface area contributed by atoms with Gasteiger partial charge in [-0.25, -0.2) is 0 Å². The number of amides is 1. The van der Waals surface area contributed by atoms with Crippen molar-refractivity contribution in [2.24, 2.45) is 0 Å². The van der Waals surface area contributed by atoms with Crippen LogP contribution in [-0.4, -0.2) is 23.7 Å². The van der Waals surface area contributed by atoms with Gasteiger partial charge in [0, 0.05) is 12.0 Å². The second kappa shape index (κ2) is 5.93. The Balaban J connectivity index is 1.59. The van der Waals surface area contributed by atoms with Gasteiger partial charge >= 0.3 is 0 Å². The Morgan fingerprint density at radius 1 is 1.33 bits per heavy atom. The van der Waals surface area contributed by atoms with Gasteiger partial charge in [0.05, 0.1) is 10.1 Å². The van der Waals surface area contributed by atoms with Crippen molar-refractivity contribution in [3.63, 3.8) is 0 Å². The summed E-state index contributed by atoms with van der Waals surface area (Å²) in [4.78, 5) is 12.1. The van der Waals surface area contributed by atoms with Gasteiger partial charge in [0.15, 0.2) is 0 Å². The Morgan fingerprint density at radius 3 is 2.90 bits per heavy atom. The summed E-state index contributed by atoms with van der Waals surface area (Å²) in [5.41, 5.74) is 1.62. The molecule has 0 aromatic heterocycles. The highest BCUT2D eigenvalue weighted by Crippen LogP contribution is 2.27. The Morgan fingerprint density at radius 2 is 2.14 bits per heavy atom. The predicted molar refractivity (Wildman–Crippen MR) is 87.7 cm³/mol. The smallest absolute Gasteiger partial charge is 0.251 e. The molecule has 1 heterocycles. The van der Waals surface area contributed by atoms with Crippen molar-refractivity contribution in [1.82, 2.24) is 5.32 Å². The monoisotopic (exact) mass is 395 g/mol. The van der Waals surface area contributed by atoms with Crippen LogP contribution in [0.2, 0.25) is 0 Å². The Bertz CT molecular complexity index is 662. The molecule has 1 unspecified atom stereocenters. The molecule has 0 saturated heterocycles. The number of carbonyl (C=O) groups is 1. The summed E-state index contributed by atoms with van der Waals surface area (Å²) in [6, 6.07) is 12.8. The first-order chi connectivity index (χ1) is 10.1. The van der Waals surface area contributed by atoms with E-state index in [9.17, 15) is 9.90 Å². The highest BCUT2D eigenvalue weighted by atomic mass is 127. The van der Waals surface area contributed by atoms with Crippen molar-refractivity contribution in [2.75, 3.05) is 6.54 Å². The maximum absolute atomic E-state index is 12.1. The first kappa shape index (κ1) is 14.2. The van der Waals surface area contributed by atoms with Crippen LogP contribution in [0, 0.1) is 3.57 Å². The number of aromatic hydroxyl groups is 1. The molecule has 0 fully saturated rings. The van der Waals surface area contributed by atoms with Crippen LogP contribution in [0.1, 0.15) is 15.9 Å². The Kier molecular flexibility index (Phi) is 4.01. The molecule has 1 amide bonds. The molecular weight excluding hydrogens is 381 g/mol. The molecule has 1 aliphatic rings. The van der Waals surface area contributed by atoms with Crippen molar-refractivity contribution in [3.8, 4) is 11.5 Å². The van der Waals surface area contributed by atoms with E-state index in [4.69, 9.17) is 4.74 Å². The van der Waals surface area contributed by atoms with Gasteiger partial charge in [-0.1, -0.05) is 18.2 Å². The van der Waals surface area contributed by atoms with Gasteiger partial charge in [-0.3, -0.25) is 4.79 Å². The van der Waals surface area contributed by atoms with E-state index in [1.54, 1.807) is 12.1 Å². The predicted octanol–water partition coefficient (Wildman–Crippen LogP) is 2.73. The molecule has 1 aliphatic heterocycles. The van der Waals surface area contributed by atoms with Crippen LogP contribution in [0.4, 0.5) is 0 Å². The molecule has 5 heteroatoms. The summed E-state index contributed by atoms with van der Waals surface area (Å²) in [5, 5.41) is 12.5. The highest BCUT2D eigenvalue weighted by Gasteiger charge is 2.22. The molecule has 2 N–H and O–H groups in total. The molecule has 2 aromatic rings. The van der Waals surface area contributed by atoms with E-state index in [2.05, 4.69) is 5.32 Å². The van der Waals surface area contributed by atoms with Crippen molar-refractivity contribution in [1.29, 1.82) is 0 Å². The number of benzene rings is 2.